The molecule has 0 aromatic carbocycles. The summed E-state index contributed by atoms with van der Waals surface area (Å²) < 4.78 is 0.0384. The van der Waals surface area contributed by atoms with Gasteiger partial charge in [-0.3, -0.25) is 0 Å². The maximum Gasteiger partial charge on any atom is 0.106 e. The summed E-state index contributed by atoms with van der Waals surface area (Å²) in [6.07, 6.45) is 9.23. The van der Waals surface area contributed by atoms with Crippen molar-refractivity contribution in [2.75, 3.05) is 0 Å². The monoisotopic (exact) mass is 209 g/mol. The number of rotatable bonds is 3. The molecule has 2 aliphatic carbocycles. The number of nitriles is 1. The van der Waals surface area contributed by atoms with Gasteiger partial charge in [-0.1, -0.05) is 32.6 Å². The smallest absolute Gasteiger partial charge is 0.106 e. The fraction of sp³-hybridized carbons (Fsp3) is 0.917. The van der Waals surface area contributed by atoms with E-state index in [0.29, 0.717) is 5.92 Å². The summed E-state index contributed by atoms with van der Waals surface area (Å²) >= 11 is 2.01. The first-order valence-electron chi connectivity index (χ1n) is 5.90. The molecule has 0 radical (unpaired) electrons. The highest BCUT2D eigenvalue weighted by Crippen LogP contribution is 2.58. The van der Waals surface area contributed by atoms with Crippen molar-refractivity contribution < 1.29 is 0 Å². The molecule has 0 N–H and O–H groups in total. The summed E-state index contributed by atoms with van der Waals surface area (Å²) in [4.78, 5) is 0. The van der Waals surface area contributed by atoms with Crippen LogP contribution < -0.4 is 0 Å². The Bertz CT molecular complexity index is 239. The van der Waals surface area contributed by atoms with Crippen LogP contribution in [0, 0.1) is 17.2 Å². The van der Waals surface area contributed by atoms with Crippen LogP contribution in [0.1, 0.15) is 51.9 Å². The predicted octanol–water partition coefficient (Wildman–Crippen LogP) is 3.74. The van der Waals surface area contributed by atoms with Gasteiger partial charge >= 0.3 is 0 Å². The van der Waals surface area contributed by atoms with Crippen molar-refractivity contribution in [2.45, 2.75) is 61.9 Å². The van der Waals surface area contributed by atoms with Gasteiger partial charge in [0, 0.05) is 5.25 Å². The Morgan fingerprint density at radius 1 is 1.36 bits per heavy atom. The quantitative estimate of drug-likeness (QED) is 0.707. The van der Waals surface area contributed by atoms with Gasteiger partial charge in [0.2, 0.25) is 0 Å². The lowest BCUT2D eigenvalue weighted by atomic mass is 10.0. The standard InChI is InChI=1S/C12H19NS/c1-2-10-8-12(10,9-13)14-11-6-4-3-5-7-11/h10-11H,2-8H2,1H3. The fourth-order valence-corrected chi connectivity index (χ4v) is 4.44. The second-order valence-corrected chi connectivity index (χ2v) is 6.32. The van der Waals surface area contributed by atoms with Crippen molar-refractivity contribution in [3.63, 3.8) is 0 Å². The van der Waals surface area contributed by atoms with Crippen LogP contribution in [0.25, 0.3) is 0 Å². The minimum Gasteiger partial charge on any atom is -0.197 e. The molecule has 0 aliphatic heterocycles. The van der Waals surface area contributed by atoms with Crippen LogP contribution in [-0.4, -0.2) is 10.00 Å². The third kappa shape index (κ3) is 1.93. The number of nitrogens with zero attached hydrogens (tertiary/aromatic N) is 1. The van der Waals surface area contributed by atoms with E-state index in [2.05, 4.69) is 13.0 Å². The van der Waals surface area contributed by atoms with E-state index in [1.165, 1.54) is 38.5 Å². The molecule has 0 bridgehead atoms. The Balaban J connectivity index is 1.87. The lowest BCUT2D eigenvalue weighted by Gasteiger charge is -2.23. The van der Waals surface area contributed by atoms with Crippen molar-refractivity contribution in [3.8, 4) is 6.07 Å². The Morgan fingerprint density at radius 3 is 2.57 bits per heavy atom. The highest BCUT2D eigenvalue weighted by atomic mass is 32.2. The molecule has 2 saturated carbocycles. The average Bonchev–Trinajstić information content (AvgIpc) is 2.94. The molecule has 2 fully saturated rings. The maximum atomic E-state index is 9.22. The van der Waals surface area contributed by atoms with Gasteiger partial charge in [0.05, 0.1) is 6.07 Å². The van der Waals surface area contributed by atoms with Gasteiger partial charge in [0.25, 0.3) is 0 Å². The lowest BCUT2D eigenvalue weighted by Crippen LogP contribution is -2.15. The van der Waals surface area contributed by atoms with E-state index in [0.717, 1.165) is 11.7 Å². The molecule has 2 atom stereocenters. The number of hydrogen-bond donors (Lipinski definition) is 0. The van der Waals surface area contributed by atoms with Crippen LogP contribution in [0.4, 0.5) is 0 Å². The molecule has 0 heterocycles. The average molecular weight is 209 g/mol. The highest BCUT2D eigenvalue weighted by Gasteiger charge is 2.55. The van der Waals surface area contributed by atoms with Crippen molar-refractivity contribution in [1.82, 2.24) is 0 Å². The maximum absolute atomic E-state index is 9.22. The summed E-state index contributed by atoms with van der Waals surface area (Å²) in [6.45, 7) is 2.21. The van der Waals surface area contributed by atoms with Crippen LogP contribution in [0.5, 0.6) is 0 Å². The molecule has 0 aromatic heterocycles. The zero-order valence-corrected chi connectivity index (χ0v) is 9.78. The molecular weight excluding hydrogens is 190 g/mol. The molecule has 78 valence electrons. The second-order valence-electron chi connectivity index (χ2n) is 4.69. The second kappa shape index (κ2) is 4.14. The molecule has 2 heteroatoms. The van der Waals surface area contributed by atoms with Crippen molar-refractivity contribution in [1.29, 1.82) is 5.26 Å². The van der Waals surface area contributed by atoms with Crippen molar-refractivity contribution in [2.24, 2.45) is 5.92 Å². The Kier molecular flexibility index (Phi) is 3.07. The van der Waals surface area contributed by atoms with E-state index in [1.54, 1.807) is 0 Å². The molecule has 2 aliphatic rings. The molecule has 0 spiro atoms. The van der Waals surface area contributed by atoms with Gasteiger partial charge in [0.1, 0.15) is 4.75 Å². The summed E-state index contributed by atoms with van der Waals surface area (Å²) in [6, 6.07) is 2.56. The Labute approximate surface area is 91.3 Å². The van der Waals surface area contributed by atoms with E-state index in [9.17, 15) is 5.26 Å². The Morgan fingerprint density at radius 2 is 2.07 bits per heavy atom. The zero-order valence-electron chi connectivity index (χ0n) is 8.96. The normalized spacial score (nSPS) is 37.9. The first-order chi connectivity index (χ1) is 6.80. The summed E-state index contributed by atoms with van der Waals surface area (Å²) in [5.74, 6) is 0.694. The van der Waals surface area contributed by atoms with E-state index >= 15 is 0 Å². The molecule has 1 nitrogen and oxygen atoms in total. The first kappa shape index (κ1) is 10.4. The van der Waals surface area contributed by atoms with Gasteiger partial charge in [-0.25, -0.2) is 0 Å². The molecule has 0 saturated heterocycles. The van der Waals surface area contributed by atoms with Crippen LogP contribution in [-0.2, 0) is 0 Å². The van der Waals surface area contributed by atoms with Crippen LogP contribution in [0.2, 0.25) is 0 Å². The topological polar surface area (TPSA) is 23.8 Å². The van der Waals surface area contributed by atoms with Crippen molar-refractivity contribution in [3.05, 3.63) is 0 Å². The van der Waals surface area contributed by atoms with E-state index in [-0.39, 0.29) is 4.75 Å². The first-order valence-corrected chi connectivity index (χ1v) is 6.78. The van der Waals surface area contributed by atoms with Crippen LogP contribution in [0.15, 0.2) is 0 Å². The van der Waals surface area contributed by atoms with Gasteiger partial charge in [-0.15, -0.1) is 11.8 Å². The molecular formula is C12H19NS. The minimum absolute atomic E-state index is 0.0384. The van der Waals surface area contributed by atoms with Crippen molar-refractivity contribution >= 4 is 11.8 Å². The summed E-state index contributed by atoms with van der Waals surface area (Å²) in [7, 11) is 0. The van der Waals surface area contributed by atoms with Gasteiger partial charge in [-0.05, 0) is 25.2 Å². The molecule has 14 heavy (non-hydrogen) atoms. The predicted molar refractivity (Wildman–Crippen MR) is 61.2 cm³/mol. The molecule has 0 amide bonds. The van der Waals surface area contributed by atoms with Crippen LogP contribution in [0.3, 0.4) is 0 Å². The van der Waals surface area contributed by atoms with Crippen LogP contribution >= 0.6 is 11.8 Å². The SMILES string of the molecule is CCC1CC1(C#N)SC1CCCCC1. The van der Waals surface area contributed by atoms with Gasteiger partial charge < -0.3 is 0 Å². The highest BCUT2D eigenvalue weighted by molar-refractivity contribution is 8.01. The minimum atomic E-state index is 0.0384. The van der Waals surface area contributed by atoms with E-state index in [4.69, 9.17) is 0 Å². The fourth-order valence-electron chi connectivity index (χ4n) is 2.57. The van der Waals surface area contributed by atoms with E-state index < -0.39 is 0 Å². The molecule has 2 rings (SSSR count). The van der Waals surface area contributed by atoms with E-state index in [1.807, 2.05) is 11.8 Å². The summed E-state index contributed by atoms with van der Waals surface area (Å²) in [5, 5.41) is 10.0. The third-order valence-electron chi connectivity index (χ3n) is 3.66. The third-order valence-corrected chi connectivity index (χ3v) is 5.48. The zero-order chi connectivity index (χ0) is 10.0. The largest absolute Gasteiger partial charge is 0.197 e. The molecule has 2 unspecified atom stereocenters. The molecule has 0 aromatic rings. The Hall–Kier alpha value is -0.160. The number of hydrogen-bond acceptors (Lipinski definition) is 2. The van der Waals surface area contributed by atoms with Gasteiger partial charge in [-0.2, -0.15) is 5.26 Å². The lowest BCUT2D eigenvalue weighted by molar-refractivity contribution is 0.515. The van der Waals surface area contributed by atoms with Gasteiger partial charge in [0.15, 0.2) is 0 Å². The summed E-state index contributed by atoms with van der Waals surface area (Å²) in [5.41, 5.74) is 0. The number of thioether (sulfide) groups is 1.